The van der Waals surface area contributed by atoms with Gasteiger partial charge in [0, 0.05) is 54.3 Å². The smallest absolute Gasteiger partial charge is 0.434 e. The summed E-state index contributed by atoms with van der Waals surface area (Å²) in [4.78, 5) is 34.3. The Labute approximate surface area is 261 Å². The molecule has 12 nitrogen and oxygen atoms in total. The Morgan fingerprint density at radius 1 is 1.27 bits per heavy atom. The van der Waals surface area contributed by atoms with Crippen molar-refractivity contribution in [1.82, 2.24) is 20.2 Å². The van der Waals surface area contributed by atoms with Gasteiger partial charge in [0.05, 0.1) is 17.1 Å². The van der Waals surface area contributed by atoms with Gasteiger partial charge < -0.3 is 37.9 Å². The number of fused-ring (bicyclic) bond motifs is 3. The zero-order chi connectivity index (χ0) is 32.4. The maximum atomic E-state index is 13.2. The highest BCUT2D eigenvalue weighted by Crippen LogP contribution is 2.36. The number of carbonyl (C=O) groups excluding carboxylic acids is 1. The number of guanidine groups is 1. The molecule has 0 bridgehead atoms. The summed E-state index contributed by atoms with van der Waals surface area (Å²) in [7, 11) is 0. The molecule has 0 fully saturated rings. The molecule has 1 aliphatic heterocycles. The second-order valence-electron chi connectivity index (χ2n) is 9.87. The van der Waals surface area contributed by atoms with Crippen molar-refractivity contribution < 1.29 is 27.9 Å². The minimum Gasteiger partial charge on any atom is -0.483 e. The van der Waals surface area contributed by atoms with Crippen molar-refractivity contribution >= 4 is 58.3 Å². The number of aromatic amines is 1. The third-order valence-corrected chi connectivity index (χ3v) is 7.46. The lowest BCUT2D eigenvalue weighted by Gasteiger charge is -2.36. The molecule has 1 amide bonds. The van der Waals surface area contributed by atoms with Crippen LogP contribution in [0.25, 0.3) is 10.9 Å². The number of carbonyl (C=O) groups is 2. The number of halogens is 5. The monoisotopic (exact) mass is 659 g/mol. The minimum absolute atomic E-state index is 0.0158. The fourth-order valence-corrected chi connectivity index (χ4v) is 5.32. The number of benzene rings is 1. The average Bonchev–Trinajstić information content (AvgIpc) is 3.32. The molecular formula is C27H34Cl2F3N9O3. The van der Waals surface area contributed by atoms with E-state index in [9.17, 15) is 18.0 Å². The molecule has 1 aromatic carbocycles. The molecule has 0 spiro atoms. The second kappa shape index (κ2) is 15.8. The maximum Gasteiger partial charge on any atom is 0.434 e. The fourth-order valence-electron chi connectivity index (χ4n) is 4.93. The van der Waals surface area contributed by atoms with Gasteiger partial charge in [-0.25, -0.2) is 4.98 Å². The molecule has 0 aliphatic carbocycles. The van der Waals surface area contributed by atoms with Gasteiger partial charge in [-0.2, -0.15) is 13.2 Å². The fraction of sp³-hybridized carbons (Fsp3) is 0.407. The summed E-state index contributed by atoms with van der Waals surface area (Å²) in [6.45, 7) is 1.82. The molecule has 2 aromatic heterocycles. The van der Waals surface area contributed by atoms with Crippen LogP contribution in [-0.2, 0) is 22.2 Å². The lowest BCUT2D eigenvalue weighted by atomic mass is 9.97. The first-order valence-corrected chi connectivity index (χ1v) is 14.3. The van der Waals surface area contributed by atoms with Gasteiger partial charge in [-0.15, -0.1) is 0 Å². The number of amides is 1. The molecule has 240 valence electrons. The number of alkyl halides is 3. The van der Waals surface area contributed by atoms with Gasteiger partial charge in [-0.3, -0.25) is 19.5 Å². The van der Waals surface area contributed by atoms with Gasteiger partial charge in [0.1, 0.15) is 5.82 Å². The molecule has 0 saturated heterocycles. The predicted octanol–water partition coefficient (Wildman–Crippen LogP) is 3.10. The van der Waals surface area contributed by atoms with E-state index < -0.39 is 22.9 Å². The summed E-state index contributed by atoms with van der Waals surface area (Å²) >= 11 is 11.9. The largest absolute Gasteiger partial charge is 0.483 e. The number of hydrogen-bond donors (Lipinski definition) is 7. The number of pyridine rings is 1. The molecule has 3 heterocycles. The maximum absolute atomic E-state index is 13.2. The molecule has 3 aromatic rings. The molecule has 10 N–H and O–H groups in total. The van der Waals surface area contributed by atoms with E-state index in [0.29, 0.717) is 44.0 Å². The number of hydrogen-bond acceptors (Lipinski definition) is 7. The van der Waals surface area contributed by atoms with Gasteiger partial charge in [0.15, 0.2) is 11.7 Å². The number of rotatable bonds is 11. The average molecular weight is 661 g/mol. The van der Waals surface area contributed by atoms with Crippen molar-refractivity contribution in [3.05, 3.63) is 57.3 Å². The molecule has 2 unspecified atom stereocenters. The third-order valence-electron chi connectivity index (χ3n) is 6.92. The standard InChI is InChI=1S/C26H32Cl2F3N9O.CH2O2/c27-14-3-5-19-16(12-14)15-7-10-40(11-9-35-21-6-4-17(28)23(39-21)26(29,30)31)20(22(15)38-19)13-37-24(41)18(32)2-1-8-36-25(33)34;2-1-3/h3-6,12,18,20,38H,1-2,7-11,13,32H2,(H,35,39)(H,37,41)(H4,33,34,36);1H,(H,2,3). The number of carboxylic acid groups (broad SMARTS) is 1. The van der Waals surface area contributed by atoms with Gasteiger partial charge in [-0.05, 0) is 55.2 Å². The van der Waals surface area contributed by atoms with Crippen molar-refractivity contribution in [2.24, 2.45) is 22.2 Å². The minimum atomic E-state index is -4.66. The van der Waals surface area contributed by atoms with Gasteiger partial charge >= 0.3 is 6.18 Å². The summed E-state index contributed by atoms with van der Waals surface area (Å²) in [5.74, 6) is -0.252. The number of nitrogens with zero attached hydrogens (tertiary/aromatic N) is 3. The normalized spacial score (nSPS) is 15.5. The van der Waals surface area contributed by atoms with E-state index in [2.05, 4.69) is 30.5 Å². The van der Waals surface area contributed by atoms with Gasteiger partial charge in [0.25, 0.3) is 6.47 Å². The lowest BCUT2D eigenvalue weighted by molar-refractivity contribution is -0.141. The van der Waals surface area contributed by atoms with E-state index in [0.717, 1.165) is 28.6 Å². The van der Waals surface area contributed by atoms with E-state index in [1.54, 1.807) is 6.07 Å². The number of H-pyrrole nitrogens is 1. The van der Waals surface area contributed by atoms with E-state index in [-0.39, 0.29) is 36.7 Å². The summed E-state index contributed by atoms with van der Waals surface area (Å²) in [6, 6.07) is 7.22. The molecule has 0 radical (unpaired) electrons. The number of nitrogens with one attached hydrogen (secondary N) is 3. The Morgan fingerprint density at radius 2 is 2.00 bits per heavy atom. The molecule has 0 saturated carbocycles. The van der Waals surface area contributed by atoms with Crippen molar-refractivity contribution in [1.29, 1.82) is 0 Å². The van der Waals surface area contributed by atoms with Crippen LogP contribution in [0.1, 0.15) is 35.8 Å². The van der Waals surface area contributed by atoms with Crippen LogP contribution in [0.15, 0.2) is 35.3 Å². The zero-order valence-corrected chi connectivity index (χ0v) is 25.0. The first-order valence-electron chi connectivity index (χ1n) is 13.5. The first-order chi connectivity index (χ1) is 20.8. The number of anilines is 1. The molecule has 2 atom stereocenters. The third kappa shape index (κ3) is 9.35. The van der Waals surface area contributed by atoms with Crippen molar-refractivity contribution in [3.8, 4) is 0 Å². The quantitative estimate of drug-likeness (QED) is 0.0699. The van der Waals surface area contributed by atoms with Crippen molar-refractivity contribution in [2.75, 3.05) is 38.0 Å². The molecular weight excluding hydrogens is 626 g/mol. The molecule has 17 heteroatoms. The van der Waals surface area contributed by atoms with Crippen LogP contribution >= 0.6 is 23.2 Å². The Kier molecular flexibility index (Phi) is 12.5. The van der Waals surface area contributed by atoms with Crippen LogP contribution < -0.4 is 27.8 Å². The SMILES string of the molecule is NC(N)=NCCCC(N)C(=O)NCC1c2[nH]c3ccc(Cl)cc3c2CCN1CCNc1ccc(Cl)c(C(F)(F)F)n1.O=CO. The zero-order valence-electron chi connectivity index (χ0n) is 23.5. The van der Waals surface area contributed by atoms with Crippen LogP contribution in [0.3, 0.4) is 0 Å². The summed E-state index contributed by atoms with van der Waals surface area (Å²) in [5.41, 5.74) is 18.6. The van der Waals surface area contributed by atoms with E-state index in [1.807, 2.05) is 12.1 Å². The number of aromatic nitrogens is 2. The summed E-state index contributed by atoms with van der Waals surface area (Å²) in [5, 5.41) is 14.0. The van der Waals surface area contributed by atoms with Crippen LogP contribution in [0.2, 0.25) is 10.0 Å². The van der Waals surface area contributed by atoms with E-state index >= 15 is 0 Å². The van der Waals surface area contributed by atoms with Gasteiger partial charge in [-0.1, -0.05) is 23.2 Å². The molecule has 44 heavy (non-hydrogen) atoms. The second-order valence-corrected chi connectivity index (χ2v) is 10.7. The van der Waals surface area contributed by atoms with E-state index in [4.69, 9.17) is 50.3 Å². The Hall–Kier alpha value is -3.79. The number of nitrogens with two attached hydrogens (primary N) is 3. The lowest BCUT2D eigenvalue weighted by Crippen LogP contribution is -2.47. The van der Waals surface area contributed by atoms with Crippen LogP contribution in [0.5, 0.6) is 0 Å². The first kappa shape index (κ1) is 34.7. The Bertz CT molecular complexity index is 1470. The van der Waals surface area contributed by atoms with Crippen molar-refractivity contribution in [3.63, 3.8) is 0 Å². The highest BCUT2D eigenvalue weighted by molar-refractivity contribution is 6.31. The summed E-state index contributed by atoms with van der Waals surface area (Å²) in [6.07, 6.45) is -2.98. The highest BCUT2D eigenvalue weighted by Gasteiger charge is 2.35. The van der Waals surface area contributed by atoms with Gasteiger partial charge in [0.2, 0.25) is 5.91 Å². The Balaban J connectivity index is 0.00000169. The van der Waals surface area contributed by atoms with E-state index in [1.165, 1.54) is 12.1 Å². The highest BCUT2D eigenvalue weighted by atomic mass is 35.5. The molecule has 4 rings (SSSR count). The predicted molar refractivity (Wildman–Crippen MR) is 164 cm³/mol. The van der Waals surface area contributed by atoms with Crippen LogP contribution in [0.4, 0.5) is 19.0 Å². The topological polar surface area (TPSA) is 201 Å². The summed E-state index contributed by atoms with van der Waals surface area (Å²) < 4.78 is 39.7. The number of aliphatic imine (C=N–C) groups is 1. The Morgan fingerprint density at radius 3 is 2.68 bits per heavy atom. The van der Waals surface area contributed by atoms with Crippen LogP contribution in [0, 0.1) is 0 Å². The van der Waals surface area contributed by atoms with Crippen LogP contribution in [-0.4, -0.2) is 77.1 Å². The molecule has 1 aliphatic rings. The van der Waals surface area contributed by atoms with Crippen molar-refractivity contribution in [2.45, 2.75) is 37.5 Å².